The van der Waals surface area contributed by atoms with E-state index >= 15 is 0 Å². The van der Waals surface area contributed by atoms with Gasteiger partial charge < -0.3 is 14.7 Å². The molecular formula is C18H22N4O2. The molecule has 0 saturated heterocycles. The van der Waals surface area contributed by atoms with E-state index in [1.54, 1.807) is 6.33 Å². The smallest absolute Gasteiger partial charge is 0.224 e. The van der Waals surface area contributed by atoms with E-state index in [1.165, 1.54) is 0 Å². The Hall–Kier alpha value is -2.63. The molecular weight excluding hydrogens is 304 g/mol. The summed E-state index contributed by atoms with van der Waals surface area (Å²) in [5.74, 6) is 1.43. The Morgan fingerprint density at radius 1 is 1.33 bits per heavy atom. The highest BCUT2D eigenvalue weighted by atomic mass is 16.4. The van der Waals surface area contributed by atoms with Crippen molar-refractivity contribution in [1.82, 2.24) is 15.0 Å². The zero-order chi connectivity index (χ0) is 17.3. The molecule has 6 nitrogen and oxygen atoms in total. The van der Waals surface area contributed by atoms with E-state index in [9.17, 15) is 4.79 Å². The van der Waals surface area contributed by atoms with Crippen LogP contribution in [0.4, 0.5) is 5.69 Å². The maximum absolute atomic E-state index is 12.2. The second-order valence-corrected chi connectivity index (χ2v) is 6.96. The maximum atomic E-state index is 12.2. The number of nitrogens with one attached hydrogen (secondary N) is 2. The Bertz CT molecular complexity index is 871. The Labute approximate surface area is 140 Å². The molecule has 3 rings (SSSR count). The molecule has 6 heteroatoms. The first-order valence-corrected chi connectivity index (χ1v) is 8.03. The van der Waals surface area contributed by atoms with Gasteiger partial charge in [0.05, 0.1) is 23.1 Å². The minimum Gasteiger partial charge on any atom is -0.445 e. The lowest BCUT2D eigenvalue weighted by Gasteiger charge is -2.12. The summed E-state index contributed by atoms with van der Waals surface area (Å²) in [6, 6.07) is 5.59. The van der Waals surface area contributed by atoms with E-state index in [0.29, 0.717) is 18.7 Å². The number of carbonyl (C=O) groups is 1. The number of imidazole rings is 1. The van der Waals surface area contributed by atoms with Crippen molar-refractivity contribution in [3.05, 3.63) is 41.9 Å². The van der Waals surface area contributed by atoms with Gasteiger partial charge >= 0.3 is 0 Å². The Balaban J connectivity index is 1.62. The predicted molar refractivity (Wildman–Crippen MR) is 93.0 cm³/mol. The third kappa shape index (κ3) is 3.48. The highest BCUT2D eigenvalue weighted by Gasteiger charge is 2.22. The minimum atomic E-state index is -0.134. The summed E-state index contributed by atoms with van der Waals surface area (Å²) >= 11 is 0. The molecule has 3 aromatic rings. The van der Waals surface area contributed by atoms with Crippen LogP contribution in [0.3, 0.4) is 0 Å². The average Bonchev–Trinajstić information content (AvgIpc) is 3.10. The predicted octanol–water partition coefficient (Wildman–Crippen LogP) is 3.73. The second-order valence-electron chi connectivity index (χ2n) is 6.96. The Morgan fingerprint density at radius 3 is 2.83 bits per heavy atom. The van der Waals surface area contributed by atoms with E-state index in [0.717, 1.165) is 28.2 Å². The molecule has 0 atom stereocenters. The van der Waals surface area contributed by atoms with E-state index in [-0.39, 0.29) is 11.3 Å². The molecule has 0 saturated carbocycles. The highest BCUT2D eigenvalue weighted by Crippen LogP contribution is 2.24. The van der Waals surface area contributed by atoms with Crippen LogP contribution < -0.4 is 5.32 Å². The molecule has 0 radical (unpaired) electrons. The number of rotatable bonds is 4. The zero-order valence-corrected chi connectivity index (χ0v) is 14.4. The summed E-state index contributed by atoms with van der Waals surface area (Å²) in [7, 11) is 0. The van der Waals surface area contributed by atoms with Gasteiger partial charge in [-0.05, 0) is 25.1 Å². The number of aromatic amines is 1. The molecule has 0 unspecified atom stereocenters. The lowest BCUT2D eigenvalue weighted by molar-refractivity contribution is -0.116. The minimum absolute atomic E-state index is 0.0537. The van der Waals surface area contributed by atoms with Crippen molar-refractivity contribution >= 4 is 22.6 Å². The van der Waals surface area contributed by atoms with Crippen molar-refractivity contribution in [1.29, 1.82) is 0 Å². The summed E-state index contributed by atoms with van der Waals surface area (Å²) in [5, 5.41) is 2.90. The molecule has 0 bridgehead atoms. The monoisotopic (exact) mass is 326 g/mol. The lowest BCUT2D eigenvalue weighted by atomic mass is 9.97. The highest BCUT2D eigenvalue weighted by molar-refractivity contribution is 5.93. The van der Waals surface area contributed by atoms with Crippen LogP contribution in [0.1, 0.15) is 44.5 Å². The summed E-state index contributed by atoms with van der Waals surface area (Å²) < 4.78 is 5.82. The number of aromatic nitrogens is 3. The van der Waals surface area contributed by atoms with Gasteiger partial charge in [-0.15, -0.1) is 0 Å². The summed E-state index contributed by atoms with van der Waals surface area (Å²) in [6.07, 6.45) is 2.52. The number of carbonyl (C=O) groups excluding carboxylic acids is 1. The van der Waals surface area contributed by atoms with Gasteiger partial charge in [-0.1, -0.05) is 20.8 Å². The van der Waals surface area contributed by atoms with Gasteiger partial charge in [0.1, 0.15) is 5.76 Å². The van der Waals surface area contributed by atoms with Gasteiger partial charge in [0.15, 0.2) is 5.89 Å². The number of anilines is 1. The molecule has 2 N–H and O–H groups in total. The summed E-state index contributed by atoms with van der Waals surface area (Å²) in [4.78, 5) is 23.8. The standard InChI is InChI=1S/C18H22N4O2/c1-11-15(24-17(21-11)18(2,3)4)7-8-16(23)22-12-5-6-13-14(9-12)20-10-19-13/h5-6,9-10H,7-8H2,1-4H3,(H,19,20)(H,22,23). The average molecular weight is 326 g/mol. The first kappa shape index (κ1) is 16.2. The SMILES string of the molecule is Cc1nc(C(C)(C)C)oc1CCC(=O)Nc1ccc2nc[nH]c2c1. The molecule has 0 aliphatic rings. The van der Waals surface area contributed by atoms with Crippen LogP contribution in [-0.4, -0.2) is 20.9 Å². The molecule has 24 heavy (non-hydrogen) atoms. The van der Waals surface area contributed by atoms with Gasteiger partial charge in [-0.3, -0.25) is 4.79 Å². The topological polar surface area (TPSA) is 83.8 Å². The number of aryl methyl sites for hydroxylation is 2. The Morgan fingerprint density at radius 2 is 2.12 bits per heavy atom. The van der Waals surface area contributed by atoms with E-state index in [1.807, 2.05) is 25.1 Å². The molecule has 2 aromatic heterocycles. The van der Waals surface area contributed by atoms with E-state index in [2.05, 4.69) is 41.0 Å². The zero-order valence-electron chi connectivity index (χ0n) is 14.4. The molecule has 0 fully saturated rings. The van der Waals surface area contributed by atoms with Crippen molar-refractivity contribution < 1.29 is 9.21 Å². The van der Waals surface area contributed by atoms with E-state index in [4.69, 9.17) is 4.42 Å². The quantitative estimate of drug-likeness (QED) is 0.765. The normalized spacial score (nSPS) is 11.8. The van der Waals surface area contributed by atoms with Gasteiger partial charge in [0, 0.05) is 23.9 Å². The number of H-pyrrole nitrogens is 1. The first-order chi connectivity index (χ1) is 11.3. The number of nitrogens with zero attached hydrogens (tertiary/aromatic N) is 2. The van der Waals surface area contributed by atoms with Crippen LogP contribution in [0, 0.1) is 6.92 Å². The number of amides is 1. The van der Waals surface area contributed by atoms with Crippen molar-refractivity contribution in [2.75, 3.05) is 5.32 Å². The Kier molecular flexibility index (Phi) is 4.13. The fraction of sp³-hybridized carbons (Fsp3) is 0.389. The second kappa shape index (κ2) is 6.11. The number of hydrogen-bond acceptors (Lipinski definition) is 4. The maximum Gasteiger partial charge on any atom is 0.224 e. The van der Waals surface area contributed by atoms with Crippen molar-refractivity contribution in [2.24, 2.45) is 0 Å². The number of hydrogen-bond donors (Lipinski definition) is 2. The molecule has 1 aromatic carbocycles. The largest absolute Gasteiger partial charge is 0.445 e. The third-order valence-electron chi connectivity index (χ3n) is 3.82. The van der Waals surface area contributed by atoms with Crippen LogP contribution in [0.5, 0.6) is 0 Å². The number of fused-ring (bicyclic) bond motifs is 1. The molecule has 2 heterocycles. The van der Waals surface area contributed by atoms with Crippen LogP contribution in [0.2, 0.25) is 0 Å². The van der Waals surface area contributed by atoms with Crippen LogP contribution in [0.15, 0.2) is 28.9 Å². The van der Waals surface area contributed by atoms with Gasteiger partial charge in [-0.25, -0.2) is 9.97 Å². The first-order valence-electron chi connectivity index (χ1n) is 8.03. The van der Waals surface area contributed by atoms with Crippen LogP contribution in [0.25, 0.3) is 11.0 Å². The van der Waals surface area contributed by atoms with Gasteiger partial charge in [0.2, 0.25) is 5.91 Å². The van der Waals surface area contributed by atoms with Gasteiger partial charge in [-0.2, -0.15) is 0 Å². The van der Waals surface area contributed by atoms with Crippen molar-refractivity contribution in [2.45, 2.75) is 46.0 Å². The number of benzene rings is 1. The van der Waals surface area contributed by atoms with Crippen molar-refractivity contribution in [3.63, 3.8) is 0 Å². The summed E-state index contributed by atoms with van der Waals surface area (Å²) in [6.45, 7) is 8.08. The number of oxazole rings is 1. The molecule has 126 valence electrons. The van der Waals surface area contributed by atoms with Crippen LogP contribution >= 0.6 is 0 Å². The molecule has 0 aliphatic carbocycles. The van der Waals surface area contributed by atoms with Crippen molar-refractivity contribution in [3.8, 4) is 0 Å². The fourth-order valence-corrected chi connectivity index (χ4v) is 2.44. The van der Waals surface area contributed by atoms with E-state index < -0.39 is 0 Å². The fourth-order valence-electron chi connectivity index (χ4n) is 2.44. The molecule has 1 amide bonds. The summed E-state index contributed by atoms with van der Waals surface area (Å²) in [5.41, 5.74) is 3.24. The third-order valence-corrected chi connectivity index (χ3v) is 3.82. The lowest BCUT2D eigenvalue weighted by Crippen LogP contribution is -2.12. The van der Waals surface area contributed by atoms with Crippen LogP contribution in [-0.2, 0) is 16.6 Å². The molecule has 0 spiro atoms. The van der Waals surface area contributed by atoms with Gasteiger partial charge in [0.25, 0.3) is 0 Å². The molecule has 0 aliphatic heterocycles.